The molecule has 3 heterocycles. The van der Waals surface area contributed by atoms with Crippen molar-refractivity contribution < 1.29 is 49.5 Å². The van der Waals surface area contributed by atoms with E-state index in [1.54, 1.807) is 13.8 Å². The van der Waals surface area contributed by atoms with Crippen LogP contribution in [0.3, 0.4) is 0 Å². The summed E-state index contributed by atoms with van der Waals surface area (Å²) >= 11 is 0. The van der Waals surface area contributed by atoms with Crippen molar-refractivity contribution in [2.45, 2.75) is 75.8 Å². The third kappa shape index (κ3) is 6.58. The van der Waals surface area contributed by atoms with Gasteiger partial charge >= 0.3 is 12.2 Å². The zero-order valence-corrected chi connectivity index (χ0v) is 24.4. The number of hydrogen-bond acceptors (Lipinski definition) is 6. The molecule has 3 atom stereocenters. The van der Waals surface area contributed by atoms with Gasteiger partial charge in [0.15, 0.2) is 22.9 Å². The van der Waals surface area contributed by atoms with Crippen LogP contribution in [-0.4, -0.2) is 70.0 Å². The van der Waals surface area contributed by atoms with Crippen LogP contribution in [0.2, 0.25) is 0 Å². The molecule has 0 radical (unpaired) electrons. The predicted molar refractivity (Wildman–Crippen MR) is 143 cm³/mol. The number of rotatable bonds is 9. The Morgan fingerprint density at radius 3 is 2.49 bits per heavy atom. The number of hydrogen-bond donors (Lipinski definition) is 2. The molecule has 2 aromatic heterocycles. The molecule has 10 nitrogen and oxygen atoms in total. The Bertz CT molecular complexity index is 1560. The first-order chi connectivity index (χ1) is 21.1. The fourth-order valence-electron chi connectivity index (χ4n) is 5.82. The molecule has 1 aromatic carbocycles. The number of benzene rings is 1. The number of nitrogens with one attached hydrogen (secondary N) is 2. The molecule has 0 spiro atoms. The zero-order chi connectivity index (χ0) is 32.8. The van der Waals surface area contributed by atoms with E-state index in [0.29, 0.717) is 0 Å². The molecule has 1 aliphatic heterocycles. The number of fused-ring (bicyclic) bond motifs is 1. The minimum absolute atomic E-state index is 0.0560. The Hall–Kier alpha value is -3.89. The van der Waals surface area contributed by atoms with E-state index in [2.05, 4.69) is 15.4 Å². The van der Waals surface area contributed by atoms with Crippen molar-refractivity contribution in [2.24, 2.45) is 5.92 Å². The number of nitrogens with zero attached hydrogens (tertiary/aromatic N) is 4. The molecule has 3 aromatic rings. The minimum atomic E-state index is -4.71. The SMILES string of the molecule is COCC(c1cc(F)c2oc(C(NC(=O)c3c(F)cnn3C(C)C)C3CCC(F)(F)CC3)nc2c1)N1CC(C(F)(F)F)NC1=O. The summed E-state index contributed by atoms with van der Waals surface area (Å²) in [6, 6.07) is -3.60. The lowest BCUT2D eigenvalue weighted by atomic mass is 9.82. The summed E-state index contributed by atoms with van der Waals surface area (Å²) in [4.78, 5) is 31.0. The summed E-state index contributed by atoms with van der Waals surface area (Å²) in [6.45, 7) is 2.33. The molecule has 0 bridgehead atoms. The normalized spacial score (nSPS) is 20.6. The van der Waals surface area contributed by atoms with Crippen LogP contribution < -0.4 is 10.6 Å². The van der Waals surface area contributed by atoms with Crippen LogP contribution in [0.15, 0.2) is 22.7 Å². The molecule has 2 N–H and O–H groups in total. The Kier molecular flexibility index (Phi) is 8.76. The second-order valence-electron chi connectivity index (χ2n) is 11.6. The van der Waals surface area contributed by atoms with E-state index in [4.69, 9.17) is 9.15 Å². The number of ether oxygens (including phenoxy) is 1. The molecule has 1 saturated heterocycles. The highest BCUT2D eigenvalue weighted by molar-refractivity contribution is 5.93. The van der Waals surface area contributed by atoms with E-state index in [1.807, 2.05) is 5.32 Å². The lowest BCUT2D eigenvalue weighted by Gasteiger charge is -2.32. The number of amides is 3. The molecule has 5 rings (SSSR count). The van der Waals surface area contributed by atoms with Gasteiger partial charge in [-0.1, -0.05) is 0 Å². The zero-order valence-electron chi connectivity index (χ0n) is 24.4. The molecule has 246 valence electrons. The number of carbonyl (C=O) groups excluding carboxylic acids is 2. The van der Waals surface area contributed by atoms with Crippen LogP contribution in [0, 0.1) is 17.6 Å². The predicted octanol–water partition coefficient (Wildman–Crippen LogP) is 5.82. The smallest absolute Gasteiger partial charge is 0.410 e. The minimum Gasteiger partial charge on any atom is -0.435 e. The summed E-state index contributed by atoms with van der Waals surface area (Å²) < 4.78 is 110. The van der Waals surface area contributed by atoms with Crippen molar-refractivity contribution in [1.29, 1.82) is 0 Å². The molecule has 2 fully saturated rings. The van der Waals surface area contributed by atoms with Gasteiger partial charge in [0.05, 0.1) is 25.4 Å². The van der Waals surface area contributed by atoms with E-state index in [9.17, 15) is 35.9 Å². The molecular formula is C28H31F7N6O4. The summed E-state index contributed by atoms with van der Waals surface area (Å²) in [5, 5.41) is 8.37. The molecule has 17 heteroatoms. The second kappa shape index (κ2) is 12.1. The molecule has 1 saturated carbocycles. The van der Waals surface area contributed by atoms with E-state index in [0.717, 1.165) is 21.8 Å². The van der Waals surface area contributed by atoms with Gasteiger partial charge in [-0.25, -0.2) is 27.3 Å². The van der Waals surface area contributed by atoms with E-state index in [-0.39, 0.29) is 42.0 Å². The Morgan fingerprint density at radius 1 is 1.20 bits per heavy atom. The number of halogens is 7. The maximum atomic E-state index is 15.5. The number of aromatic nitrogens is 3. The van der Waals surface area contributed by atoms with Crippen LogP contribution in [0.25, 0.3) is 11.1 Å². The van der Waals surface area contributed by atoms with Crippen molar-refractivity contribution >= 4 is 23.0 Å². The highest BCUT2D eigenvalue weighted by Gasteiger charge is 2.49. The van der Waals surface area contributed by atoms with Crippen molar-refractivity contribution in [1.82, 2.24) is 30.3 Å². The van der Waals surface area contributed by atoms with Crippen LogP contribution in [0.1, 0.15) is 79.6 Å². The van der Waals surface area contributed by atoms with Gasteiger partial charge in [0.25, 0.3) is 5.91 Å². The van der Waals surface area contributed by atoms with Crippen molar-refractivity contribution in [2.75, 3.05) is 20.3 Å². The van der Waals surface area contributed by atoms with Gasteiger partial charge in [-0.2, -0.15) is 18.3 Å². The van der Waals surface area contributed by atoms with E-state index in [1.165, 1.54) is 13.2 Å². The second-order valence-corrected chi connectivity index (χ2v) is 11.6. The number of oxazole rings is 1. The van der Waals surface area contributed by atoms with Crippen molar-refractivity contribution in [3.63, 3.8) is 0 Å². The van der Waals surface area contributed by atoms with Crippen molar-refractivity contribution in [3.8, 4) is 0 Å². The van der Waals surface area contributed by atoms with Crippen LogP contribution in [0.5, 0.6) is 0 Å². The number of carbonyl (C=O) groups is 2. The van der Waals surface area contributed by atoms with Gasteiger partial charge in [0.1, 0.15) is 17.6 Å². The topological polar surface area (TPSA) is 115 Å². The highest BCUT2D eigenvalue weighted by Crippen LogP contribution is 2.42. The molecule has 2 aliphatic rings. The average Bonchev–Trinajstić information content (AvgIpc) is 3.67. The summed E-state index contributed by atoms with van der Waals surface area (Å²) in [5.74, 6) is -6.59. The first-order valence-corrected chi connectivity index (χ1v) is 14.2. The Labute approximate surface area is 252 Å². The quantitative estimate of drug-likeness (QED) is 0.283. The van der Waals surface area contributed by atoms with Crippen LogP contribution >= 0.6 is 0 Å². The van der Waals surface area contributed by atoms with Gasteiger partial charge < -0.3 is 24.7 Å². The molecule has 45 heavy (non-hydrogen) atoms. The fourth-order valence-corrected chi connectivity index (χ4v) is 5.82. The van der Waals surface area contributed by atoms with Gasteiger partial charge in [-0.15, -0.1) is 0 Å². The van der Waals surface area contributed by atoms with Crippen molar-refractivity contribution in [3.05, 3.63) is 47.1 Å². The third-order valence-corrected chi connectivity index (χ3v) is 8.14. The summed E-state index contributed by atoms with van der Waals surface area (Å²) in [6.07, 6.45) is -4.94. The highest BCUT2D eigenvalue weighted by atomic mass is 19.4. The van der Waals surface area contributed by atoms with E-state index < -0.39 is 90.8 Å². The maximum Gasteiger partial charge on any atom is 0.410 e. The molecule has 1 aliphatic carbocycles. The molecule has 3 amide bonds. The number of alkyl halides is 5. The third-order valence-electron chi connectivity index (χ3n) is 8.14. The number of urea groups is 1. The fraction of sp³-hybridized carbons (Fsp3) is 0.571. The van der Waals surface area contributed by atoms with E-state index >= 15 is 4.39 Å². The molecule has 3 unspecified atom stereocenters. The van der Waals surface area contributed by atoms with Crippen LogP contribution in [0.4, 0.5) is 35.5 Å². The standard InChI is InChI=1S/C28H31F7N6O4/c1-13(2)41-22(17(30)10-36-41)24(42)39-21(14-4-6-27(31,32)7-5-14)25-37-18-9-15(8-16(29)23(18)45-25)19(12-44-3)40-11-20(28(33,34)35)38-26(40)43/h8-10,13-14,19-21H,4-7,11-12H2,1-3H3,(H,38,43)(H,39,42). The first kappa shape index (κ1) is 32.5. The lowest BCUT2D eigenvalue weighted by molar-refractivity contribution is -0.150. The first-order valence-electron chi connectivity index (χ1n) is 14.2. The molecular weight excluding hydrogens is 617 g/mol. The Balaban J connectivity index is 1.51. The average molecular weight is 649 g/mol. The Morgan fingerprint density at radius 2 is 1.89 bits per heavy atom. The van der Waals surface area contributed by atoms with Gasteiger partial charge in [0.2, 0.25) is 11.8 Å². The lowest BCUT2D eigenvalue weighted by Crippen LogP contribution is -2.40. The summed E-state index contributed by atoms with van der Waals surface area (Å²) in [5.41, 5.74) is -0.820. The largest absolute Gasteiger partial charge is 0.435 e. The summed E-state index contributed by atoms with van der Waals surface area (Å²) in [7, 11) is 1.26. The van der Waals surface area contributed by atoms with Gasteiger partial charge in [0, 0.05) is 26.0 Å². The van der Waals surface area contributed by atoms with Gasteiger partial charge in [-0.3, -0.25) is 9.48 Å². The monoisotopic (exact) mass is 648 g/mol. The van der Waals surface area contributed by atoms with Crippen LogP contribution in [-0.2, 0) is 4.74 Å². The van der Waals surface area contributed by atoms with Gasteiger partial charge in [-0.05, 0) is 50.3 Å². The maximum absolute atomic E-state index is 15.5. The number of methoxy groups -OCH3 is 1.